The van der Waals surface area contributed by atoms with Crippen LogP contribution in [0.3, 0.4) is 0 Å². The van der Waals surface area contributed by atoms with Crippen LogP contribution in [0.4, 0.5) is 0 Å². The van der Waals surface area contributed by atoms with Crippen LogP contribution in [0, 0.1) is 11.8 Å². The van der Waals surface area contributed by atoms with E-state index in [1.54, 1.807) is 0 Å². The zero-order valence-electron chi connectivity index (χ0n) is 19.6. The van der Waals surface area contributed by atoms with E-state index in [4.69, 9.17) is 11.6 Å². The first-order chi connectivity index (χ1) is 15.5. The van der Waals surface area contributed by atoms with E-state index in [-0.39, 0.29) is 5.91 Å². The smallest absolute Gasteiger partial charge is 0.234 e. The van der Waals surface area contributed by atoms with E-state index in [1.807, 2.05) is 11.0 Å². The number of benzene rings is 1. The third-order valence-electron chi connectivity index (χ3n) is 8.58. The number of hydrogen-bond acceptors (Lipinski definition) is 4. The zero-order chi connectivity index (χ0) is 22.3. The Balaban J connectivity index is 1.34. The van der Waals surface area contributed by atoms with E-state index < -0.39 is 5.41 Å². The molecule has 1 saturated heterocycles. The van der Waals surface area contributed by atoms with Crippen LogP contribution in [0.15, 0.2) is 23.2 Å². The molecule has 2 fully saturated rings. The summed E-state index contributed by atoms with van der Waals surface area (Å²) in [7, 11) is 0. The van der Waals surface area contributed by atoms with Gasteiger partial charge in [0.2, 0.25) is 5.91 Å². The molecule has 0 atom stereocenters. The lowest BCUT2D eigenvalue weighted by Gasteiger charge is -2.49. The fourth-order valence-electron chi connectivity index (χ4n) is 6.60. The number of fused-ring (bicyclic) bond motifs is 2. The van der Waals surface area contributed by atoms with Crippen molar-refractivity contribution in [2.24, 2.45) is 16.8 Å². The fraction of sp³-hybridized carbons (Fsp3) is 0.692. The molecule has 6 heteroatoms. The molecule has 5 rings (SSSR count). The molecule has 32 heavy (non-hydrogen) atoms. The lowest BCUT2D eigenvalue weighted by Crippen LogP contribution is -2.58. The van der Waals surface area contributed by atoms with Crippen LogP contribution in [0.5, 0.6) is 0 Å². The van der Waals surface area contributed by atoms with Crippen LogP contribution in [-0.2, 0) is 16.8 Å². The molecule has 0 aromatic heterocycles. The summed E-state index contributed by atoms with van der Waals surface area (Å²) in [6.45, 7) is 9.64. The molecule has 1 saturated carbocycles. The van der Waals surface area contributed by atoms with Gasteiger partial charge < -0.3 is 15.1 Å². The van der Waals surface area contributed by atoms with Gasteiger partial charge >= 0.3 is 0 Å². The van der Waals surface area contributed by atoms with E-state index in [2.05, 4.69) is 41.2 Å². The molecule has 1 spiro atoms. The Labute approximate surface area is 197 Å². The van der Waals surface area contributed by atoms with Crippen LogP contribution in [0.2, 0.25) is 5.02 Å². The van der Waals surface area contributed by atoms with E-state index >= 15 is 0 Å². The van der Waals surface area contributed by atoms with Crippen molar-refractivity contribution in [2.45, 2.75) is 70.4 Å². The minimum absolute atomic E-state index is 0.284. The van der Waals surface area contributed by atoms with Gasteiger partial charge in [-0.2, -0.15) is 0 Å². The molecule has 1 aromatic carbocycles. The van der Waals surface area contributed by atoms with Crippen molar-refractivity contribution in [3.05, 3.63) is 34.3 Å². The molecule has 3 heterocycles. The number of aliphatic imine (C=N–C) groups is 1. The van der Waals surface area contributed by atoms with Crippen LogP contribution in [0.1, 0.15) is 63.5 Å². The Bertz CT molecular complexity index is 882. The van der Waals surface area contributed by atoms with Crippen molar-refractivity contribution < 1.29 is 4.79 Å². The molecule has 1 aliphatic carbocycles. The number of amidine groups is 1. The van der Waals surface area contributed by atoms with Crippen molar-refractivity contribution in [3.63, 3.8) is 0 Å². The monoisotopic (exact) mass is 456 g/mol. The second-order valence-electron chi connectivity index (χ2n) is 10.6. The lowest BCUT2D eigenvalue weighted by atomic mass is 9.67. The molecule has 0 radical (unpaired) electrons. The van der Waals surface area contributed by atoms with Crippen molar-refractivity contribution >= 4 is 23.3 Å². The second-order valence-corrected chi connectivity index (χ2v) is 11.1. The lowest BCUT2D eigenvalue weighted by molar-refractivity contribution is -0.141. The molecule has 3 aliphatic heterocycles. The molecule has 1 aromatic rings. The Morgan fingerprint density at radius 2 is 1.94 bits per heavy atom. The van der Waals surface area contributed by atoms with Gasteiger partial charge in [-0.25, -0.2) is 0 Å². The third kappa shape index (κ3) is 4.07. The van der Waals surface area contributed by atoms with Gasteiger partial charge in [0.15, 0.2) is 0 Å². The Morgan fingerprint density at radius 1 is 1.19 bits per heavy atom. The first-order valence-electron chi connectivity index (χ1n) is 12.6. The summed E-state index contributed by atoms with van der Waals surface area (Å²) in [5.41, 5.74) is 2.01. The van der Waals surface area contributed by atoms with Gasteiger partial charge in [-0.3, -0.25) is 9.79 Å². The summed E-state index contributed by atoms with van der Waals surface area (Å²) in [5, 5.41) is 4.09. The number of carbonyl (C=O) groups is 1. The fourth-order valence-corrected chi connectivity index (χ4v) is 6.80. The zero-order valence-corrected chi connectivity index (χ0v) is 20.3. The summed E-state index contributed by atoms with van der Waals surface area (Å²) in [5.74, 6) is 2.92. The van der Waals surface area contributed by atoms with Crippen LogP contribution in [-0.4, -0.2) is 60.3 Å². The van der Waals surface area contributed by atoms with Crippen LogP contribution >= 0.6 is 11.6 Å². The van der Waals surface area contributed by atoms with Crippen LogP contribution in [0.25, 0.3) is 0 Å². The number of halogens is 1. The number of piperidine rings is 1. The molecular weight excluding hydrogens is 420 g/mol. The van der Waals surface area contributed by atoms with Gasteiger partial charge in [0.1, 0.15) is 5.84 Å². The quantitative estimate of drug-likeness (QED) is 0.737. The topological polar surface area (TPSA) is 47.9 Å². The van der Waals surface area contributed by atoms with Gasteiger partial charge in [-0.15, -0.1) is 0 Å². The molecule has 174 valence electrons. The summed E-state index contributed by atoms with van der Waals surface area (Å²) >= 11 is 6.37. The van der Waals surface area contributed by atoms with Gasteiger partial charge in [-0.1, -0.05) is 31.5 Å². The molecule has 4 aliphatic rings. The predicted molar refractivity (Wildman–Crippen MR) is 130 cm³/mol. The van der Waals surface area contributed by atoms with Crippen molar-refractivity contribution in [2.75, 3.05) is 32.7 Å². The number of likely N-dealkylation sites (tertiary alicyclic amines) is 1. The number of amides is 1. The van der Waals surface area contributed by atoms with Crippen molar-refractivity contribution in [1.29, 1.82) is 0 Å². The normalized spacial score (nSPS) is 28.1. The predicted octanol–water partition coefficient (Wildman–Crippen LogP) is 4.23. The van der Waals surface area contributed by atoms with E-state index in [0.29, 0.717) is 19.1 Å². The number of nitrogens with one attached hydrogen (secondary N) is 1. The highest BCUT2D eigenvalue weighted by molar-refractivity contribution is 6.30. The Kier molecular flexibility index (Phi) is 6.23. The molecule has 0 bridgehead atoms. The first-order valence-corrected chi connectivity index (χ1v) is 12.9. The Hall–Kier alpha value is -1.59. The van der Waals surface area contributed by atoms with Gasteiger partial charge in [-0.05, 0) is 86.7 Å². The minimum Gasteiger partial charge on any atom is -0.370 e. The summed E-state index contributed by atoms with van der Waals surface area (Å²) < 4.78 is 0. The summed E-state index contributed by atoms with van der Waals surface area (Å²) in [6, 6.07) is 6.86. The average Bonchev–Trinajstić information content (AvgIpc) is 3.31. The average molecular weight is 457 g/mol. The highest BCUT2D eigenvalue weighted by Gasteiger charge is 2.49. The van der Waals surface area contributed by atoms with E-state index in [9.17, 15) is 4.79 Å². The molecule has 1 amide bonds. The highest BCUT2D eigenvalue weighted by atomic mass is 35.5. The molecular formula is C26H37ClN4O. The van der Waals surface area contributed by atoms with Gasteiger partial charge in [0.25, 0.3) is 0 Å². The number of carbonyl (C=O) groups excluding carboxylic acids is 1. The number of hydrogen-bond donors (Lipinski definition) is 1. The standard InChI is InChI=1S/C26H37ClN4O/c1-18(2)19-3-6-22(7-4-19)30-13-9-26(10-14-30)23-8-5-21(27)15-20(23)16-31(25(26)32)17-24-28-11-12-29-24/h5,8,15,18-19,22H,3-4,6-7,9-14,16-17H2,1-2H3,(H,28,29)/t19-,22+. The summed E-state index contributed by atoms with van der Waals surface area (Å²) in [6.07, 6.45) is 7.14. The molecule has 1 N–H and O–H groups in total. The third-order valence-corrected chi connectivity index (χ3v) is 8.81. The highest BCUT2D eigenvalue weighted by Crippen LogP contribution is 2.44. The largest absolute Gasteiger partial charge is 0.370 e. The van der Waals surface area contributed by atoms with Crippen molar-refractivity contribution in [1.82, 2.24) is 15.1 Å². The number of rotatable bonds is 4. The van der Waals surface area contributed by atoms with Gasteiger partial charge in [0.05, 0.1) is 18.5 Å². The number of nitrogens with zero attached hydrogens (tertiary/aromatic N) is 3. The van der Waals surface area contributed by atoms with Crippen LogP contribution < -0.4 is 5.32 Å². The van der Waals surface area contributed by atoms with Gasteiger partial charge in [0, 0.05) is 24.2 Å². The van der Waals surface area contributed by atoms with Crippen molar-refractivity contribution in [3.8, 4) is 0 Å². The minimum atomic E-state index is -0.414. The molecule has 0 unspecified atom stereocenters. The SMILES string of the molecule is CC(C)[C@H]1CC[C@@H](N2CCC3(CC2)C(=O)N(CC2=NCCN2)Cc2cc(Cl)ccc23)CC1. The summed E-state index contributed by atoms with van der Waals surface area (Å²) in [4.78, 5) is 23.2. The Morgan fingerprint density at radius 3 is 2.59 bits per heavy atom. The van der Waals surface area contributed by atoms with E-state index in [0.717, 1.165) is 61.7 Å². The maximum Gasteiger partial charge on any atom is 0.234 e. The first kappa shape index (κ1) is 22.2. The molecule has 5 nitrogen and oxygen atoms in total. The van der Waals surface area contributed by atoms with E-state index in [1.165, 1.54) is 36.8 Å². The maximum atomic E-state index is 13.9. The second kappa shape index (κ2) is 8.98. The maximum absolute atomic E-state index is 13.9.